The second-order valence-electron chi connectivity index (χ2n) is 7.05. The van der Waals surface area contributed by atoms with E-state index < -0.39 is 0 Å². The Hall–Kier alpha value is -3.38. The van der Waals surface area contributed by atoms with Crippen molar-refractivity contribution in [1.29, 1.82) is 0 Å². The number of nitrogens with zero attached hydrogens (tertiary/aromatic N) is 3. The van der Waals surface area contributed by atoms with Crippen LogP contribution < -0.4 is 5.32 Å². The maximum Gasteiger partial charge on any atom is 0.257 e. The van der Waals surface area contributed by atoms with Crippen LogP contribution in [0.15, 0.2) is 65.4 Å². The molecule has 2 aromatic heterocycles. The smallest absolute Gasteiger partial charge is 0.257 e. The van der Waals surface area contributed by atoms with E-state index in [0.29, 0.717) is 34.1 Å². The molecule has 1 N–H and O–H groups in total. The second kappa shape index (κ2) is 8.55. The van der Waals surface area contributed by atoms with Gasteiger partial charge in [0.15, 0.2) is 0 Å². The number of imidazole rings is 1. The molecule has 6 nitrogen and oxygen atoms in total. The number of benzene rings is 2. The molecule has 0 bridgehead atoms. The summed E-state index contributed by atoms with van der Waals surface area (Å²) >= 11 is 6.28. The maximum absolute atomic E-state index is 12.9. The van der Waals surface area contributed by atoms with Gasteiger partial charge in [0, 0.05) is 31.0 Å². The normalized spacial score (nSPS) is 10.9. The number of rotatable bonds is 6. The third-order valence-electron chi connectivity index (χ3n) is 4.94. The van der Waals surface area contributed by atoms with Gasteiger partial charge in [-0.25, -0.2) is 4.98 Å². The quantitative estimate of drug-likeness (QED) is 0.487. The highest BCUT2D eigenvalue weighted by Gasteiger charge is 2.22. The minimum Gasteiger partial charge on any atom is -0.360 e. The third-order valence-corrected chi connectivity index (χ3v) is 5.27. The van der Waals surface area contributed by atoms with Crippen LogP contribution in [0.3, 0.4) is 0 Å². The molecule has 0 fully saturated rings. The van der Waals surface area contributed by atoms with Gasteiger partial charge in [0.1, 0.15) is 22.8 Å². The van der Waals surface area contributed by atoms with E-state index in [1.165, 1.54) is 0 Å². The molecule has 2 aromatic carbocycles. The lowest BCUT2D eigenvalue weighted by molar-refractivity contribution is 0.0950. The number of hydrogen-bond donors (Lipinski definition) is 1. The Morgan fingerprint density at radius 2 is 1.93 bits per heavy atom. The van der Waals surface area contributed by atoms with Crippen molar-refractivity contribution in [2.24, 2.45) is 0 Å². The zero-order valence-corrected chi connectivity index (χ0v) is 17.5. The van der Waals surface area contributed by atoms with E-state index in [1.54, 1.807) is 19.2 Å². The first kappa shape index (κ1) is 19.9. The molecule has 0 aliphatic rings. The summed E-state index contributed by atoms with van der Waals surface area (Å²) in [7, 11) is 0. The highest BCUT2D eigenvalue weighted by atomic mass is 35.5. The minimum atomic E-state index is -0.250. The molecule has 0 aliphatic carbocycles. The summed E-state index contributed by atoms with van der Waals surface area (Å²) in [4.78, 5) is 17.2. The van der Waals surface area contributed by atoms with Crippen molar-refractivity contribution >= 4 is 17.5 Å². The summed E-state index contributed by atoms with van der Waals surface area (Å²) in [5, 5.41) is 7.54. The van der Waals surface area contributed by atoms with Crippen LogP contribution >= 0.6 is 11.6 Å². The van der Waals surface area contributed by atoms with E-state index in [0.717, 1.165) is 23.5 Å². The first-order valence-electron chi connectivity index (χ1n) is 9.58. The first-order valence-corrected chi connectivity index (χ1v) is 9.95. The Morgan fingerprint density at radius 3 is 2.70 bits per heavy atom. The van der Waals surface area contributed by atoms with Crippen molar-refractivity contribution in [1.82, 2.24) is 20.0 Å². The predicted molar refractivity (Wildman–Crippen MR) is 115 cm³/mol. The Balaban J connectivity index is 1.50. The van der Waals surface area contributed by atoms with E-state index >= 15 is 0 Å². The molecular formula is C23H21ClN4O2. The van der Waals surface area contributed by atoms with Crippen LogP contribution in [0.5, 0.6) is 0 Å². The molecular weight excluding hydrogens is 400 g/mol. The summed E-state index contributed by atoms with van der Waals surface area (Å²) in [6.07, 6.45) is 3.74. The highest BCUT2D eigenvalue weighted by Crippen LogP contribution is 2.30. The van der Waals surface area contributed by atoms with Crippen LogP contribution in [-0.4, -0.2) is 20.6 Å². The predicted octanol–water partition coefficient (Wildman–Crippen LogP) is 4.79. The maximum atomic E-state index is 12.9. The van der Waals surface area contributed by atoms with Gasteiger partial charge < -0.3 is 14.4 Å². The van der Waals surface area contributed by atoms with E-state index in [1.807, 2.05) is 43.5 Å². The fourth-order valence-corrected chi connectivity index (χ4v) is 3.58. The molecule has 4 rings (SSSR count). The molecule has 1 amide bonds. The van der Waals surface area contributed by atoms with Gasteiger partial charge in [-0.05, 0) is 31.0 Å². The topological polar surface area (TPSA) is 73.0 Å². The minimum absolute atomic E-state index is 0.250. The van der Waals surface area contributed by atoms with E-state index in [2.05, 4.69) is 32.2 Å². The molecule has 0 saturated carbocycles. The Kier molecular flexibility index (Phi) is 5.68. The standard InChI is InChI=1S/C23H21ClN4O2/c1-15-21(22(27-30-15)19-8-3-4-9-20(19)24)23(29)26-13-17-6-5-7-18(12-17)14-28-11-10-25-16(28)2/h3-12H,13-14H2,1-2H3,(H,26,29). The largest absolute Gasteiger partial charge is 0.360 e. The van der Waals surface area contributed by atoms with Gasteiger partial charge in [-0.1, -0.05) is 59.2 Å². The number of halogens is 1. The molecule has 4 aromatic rings. The summed E-state index contributed by atoms with van der Waals surface area (Å²) in [5.74, 6) is 1.16. The van der Waals surface area contributed by atoms with Gasteiger partial charge in [-0.3, -0.25) is 4.79 Å². The average molecular weight is 421 g/mol. The van der Waals surface area contributed by atoms with Crippen LogP contribution in [0.25, 0.3) is 11.3 Å². The third kappa shape index (κ3) is 4.14. The number of carbonyl (C=O) groups is 1. The zero-order valence-electron chi connectivity index (χ0n) is 16.7. The Labute approximate surface area is 179 Å². The van der Waals surface area contributed by atoms with E-state index in [-0.39, 0.29) is 5.91 Å². The molecule has 0 unspecified atom stereocenters. The fraction of sp³-hybridized carbons (Fsp3) is 0.174. The molecule has 30 heavy (non-hydrogen) atoms. The van der Waals surface area contributed by atoms with Crippen molar-refractivity contribution in [3.05, 3.63) is 94.2 Å². The van der Waals surface area contributed by atoms with Gasteiger partial charge in [0.25, 0.3) is 5.91 Å². The molecule has 152 valence electrons. The first-order chi connectivity index (χ1) is 14.5. The lowest BCUT2D eigenvalue weighted by Gasteiger charge is -2.09. The number of nitrogens with one attached hydrogen (secondary N) is 1. The van der Waals surface area contributed by atoms with Gasteiger partial charge >= 0.3 is 0 Å². The number of amides is 1. The van der Waals surface area contributed by atoms with Gasteiger partial charge in [0.2, 0.25) is 0 Å². The zero-order chi connectivity index (χ0) is 21.1. The van der Waals surface area contributed by atoms with Crippen LogP contribution in [0, 0.1) is 13.8 Å². The van der Waals surface area contributed by atoms with Crippen LogP contribution in [0.4, 0.5) is 0 Å². The molecule has 0 atom stereocenters. The second-order valence-corrected chi connectivity index (χ2v) is 7.45. The summed E-state index contributed by atoms with van der Waals surface area (Å²) in [6, 6.07) is 15.4. The summed E-state index contributed by atoms with van der Waals surface area (Å²) in [6.45, 7) is 4.81. The number of hydrogen-bond acceptors (Lipinski definition) is 4. The van der Waals surface area contributed by atoms with Gasteiger partial charge in [-0.15, -0.1) is 0 Å². The Bertz CT molecular complexity index is 1200. The number of aromatic nitrogens is 3. The van der Waals surface area contributed by atoms with Crippen molar-refractivity contribution in [2.45, 2.75) is 26.9 Å². The lowest BCUT2D eigenvalue weighted by Crippen LogP contribution is -2.23. The lowest BCUT2D eigenvalue weighted by atomic mass is 10.1. The average Bonchev–Trinajstić information content (AvgIpc) is 3.32. The monoisotopic (exact) mass is 420 g/mol. The van der Waals surface area contributed by atoms with Crippen LogP contribution in [0.1, 0.15) is 33.1 Å². The summed E-state index contributed by atoms with van der Waals surface area (Å²) in [5.41, 5.74) is 3.65. The van der Waals surface area contributed by atoms with Crippen molar-refractivity contribution in [3.63, 3.8) is 0 Å². The molecule has 2 heterocycles. The highest BCUT2D eigenvalue weighted by molar-refractivity contribution is 6.33. The van der Waals surface area contributed by atoms with Crippen LogP contribution in [0.2, 0.25) is 5.02 Å². The van der Waals surface area contributed by atoms with E-state index in [4.69, 9.17) is 16.1 Å². The van der Waals surface area contributed by atoms with Gasteiger partial charge in [-0.2, -0.15) is 0 Å². The van der Waals surface area contributed by atoms with Crippen molar-refractivity contribution in [2.75, 3.05) is 0 Å². The molecule has 0 aliphatic heterocycles. The van der Waals surface area contributed by atoms with E-state index in [9.17, 15) is 4.79 Å². The molecule has 0 spiro atoms. The van der Waals surface area contributed by atoms with Crippen molar-refractivity contribution in [3.8, 4) is 11.3 Å². The van der Waals surface area contributed by atoms with Gasteiger partial charge in [0.05, 0.1) is 5.02 Å². The molecule has 7 heteroatoms. The van der Waals surface area contributed by atoms with Crippen molar-refractivity contribution < 1.29 is 9.32 Å². The summed E-state index contributed by atoms with van der Waals surface area (Å²) < 4.78 is 7.37. The Morgan fingerprint density at radius 1 is 1.13 bits per heavy atom. The molecule has 0 radical (unpaired) electrons. The number of aryl methyl sites for hydroxylation is 2. The SMILES string of the molecule is Cc1onc(-c2ccccc2Cl)c1C(=O)NCc1cccc(Cn2ccnc2C)c1. The van der Waals surface area contributed by atoms with Crippen LogP contribution in [-0.2, 0) is 13.1 Å². The number of carbonyl (C=O) groups excluding carboxylic acids is 1. The fourth-order valence-electron chi connectivity index (χ4n) is 3.35. The molecule has 0 saturated heterocycles.